The number of aromatic nitrogens is 4. The molecule has 1 aromatic carbocycles. The Balaban J connectivity index is 2.07. The number of unbranched alkanes of at least 4 members (excludes halogenated alkanes) is 1. The summed E-state index contributed by atoms with van der Waals surface area (Å²) in [6.07, 6.45) is 2.47. The van der Waals surface area contributed by atoms with Crippen molar-refractivity contribution in [3.63, 3.8) is 0 Å². The molecule has 0 amide bonds. The van der Waals surface area contributed by atoms with Gasteiger partial charge in [-0.15, -0.1) is 0 Å². The lowest BCUT2D eigenvalue weighted by molar-refractivity contribution is 0.521. The van der Waals surface area contributed by atoms with Crippen LogP contribution in [0, 0.1) is 0 Å². The lowest BCUT2D eigenvalue weighted by atomic mass is 10.3. The second-order valence-electron chi connectivity index (χ2n) is 8.47. The van der Waals surface area contributed by atoms with Gasteiger partial charge in [0.05, 0.1) is 22.5 Å². The molecule has 3 aromatic rings. The summed E-state index contributed by atoms with van der Waals surface area (Å²) in [5, 5.41) is 0. The van der Waals surface area contributed by atoms with E-state index in [4.69, 9.17) is 10.7 Å². The topological polar surface area (TPSA) is 139 Å². The molecule has 2 heterocycles. The average Bonchev–Trinajstić information content (AvgIpc) is 3.09. The van der Waals surface area contributed by atoms with Crippen LogP contribution in [0.4, 0.5) is 11.5 Å². The predicted octanol–water partition coefficient (Wildman–Crippen LogP) is 1.57. The number of nitrogens with one attached hydrogen (secondary N) is 1. The van der Waals surface area contributed by atoms with Crippen LogP contribution in [0.15, 0.2) is 32.7 Å². The van der Waals surface area contributed by atoms with Crippen molar-refractivity contribution in [2.24, 2.45) is 0 Å². The van der Waals surface area contributed by atoms with E-state index in [1.807, 2.05) is 18.4 Å². The van der Waals surface area contributed by atoms with Gasteiger partial charge in [-0.25, -0.2) is 22.5 Å². The molecule has 0 aliphatic carbocycles. The van der Waals surface area contributed by atoms with Crippen molar-refractivity contribution in [3.05, 3.63) is 44.9 Å². The standard InChI is InChI=1S/C22H33N7O4S/c1-6-8-12-29-20(23)19(21(30)25-22(29)31)27(5)14-18-24-16-13-15(34(32,33)26(3)4)9-10-17(16)28(18)11-7-2/h9-10,13H,6-8,11-12,14,23H2,1-5H3,(H,25,30,31). The number of benzene rings is 1. The molecule has 0 atom stereocenters. The Morgan fingerprint density at radius 3 is 2.38 bits per heavy atom. The molecule has 11 nitrogen and oxygen atoms in total. The third kappa shape index (κ3) is 4.73. The van der Waals surface area contributed by atoms with Crippen LogP contribution in [-0.4, -0.2) is 53.0 Å². The highest BCUT2D eigenvalue weighted by molar-refractivity contribution is 7.89. The van der Waals surface area contributed by atoms with Gasteiger partial charge in [0.25, 0.3) is 5.56 Å². The van der Waals surface area contributed by atoms with Crippen molar-refractivity contribution in [2.75, 3.05) is 31.8 Å². The Morgan fingerprint density at radius 2 is 1.76 bits per heavy atom. The van der Waals surface area contributed by atoms with Gasteiger partial charge in [-0.2, -0.15) is 0 Å². The molecule has 0 unspecified atom stereocenters. The molecule has 3 rings (SSSR count). The molecule has 12 heteroatoms. The zero-order chi connectivity index (χ0) is 25.2. The summed E-state index contributed by atoms with van der Waals surface area (Å²) in [5.74, 6) is 0.770. The number of aromatic amines is 1. The molecule has 0 saturated heterocycles. The van der Waals surface area contributed by atoms with Crippen LogP contribution in [0.5, 0.6) is 0 Å². The van der Waals surface area contributed by atoms with Crippen molar-refractivity contribution in [1.29, 1.82) is 0 Å². The SMILES string of the molecule is CCCCn1c(N)c(N(C)Cc2nc3cc(S(=O)(=O)N(C)C)ccc3n2CCC)c(=O)[nH]c1=O. The van der Waals surface area contributed by atoms with Crippen molar-refractivity contribution < 1.29 is 8.42 Å². The first-order chi connectivity index (χ1) is 16.0. The number of fused-ring (bicyclic) bond motifs is 1. The number of imidazole rings is 1. The Bertz CT molecular complexity index is 1400. The number of anilines is 2. The van der Waals surface area contributed by atoms with E-state index < -0.39 is 21.3 Å². The maximum Gasteiger partial charge on any atom is 0.330 e. The molecule has 3 N–H and O–H groups in total. The number of H-pyrrole nitrogens is 1. The van der Waals surface area contributed by atoms with Crippen LogP contribution in [0.1, 0.15) is 38.9 Å². The summed E-state index contributed by atoms with van der Waals surface area (Å²) in [7, 11) is 1.08. The highest BCUT2D eigenvalue weighted by atomic mass is 32.2. The Morgan fingerprint density at radius 1 is 1.06 bits per heavy atom. The molecule has 2 aromatic heterocycles. The molecular formula is C22H33N7O4S. The van der Waals surface area contributed by atoms with Gasteiger partial charge in [0.2, 0.25) is 10.0 Å². The normalized spacial score (nSPS) is 12.1. The van der Waals surface area contributed by atoms with Gasteiger partial charge < -0.3 is 15.2 Å². The van der Waals surface area contributed by atoms with E-state index in [2.05, 4.69) is 4.98 Å². The zero-order valence-corrected chi connectivity index (χ0v) is 21.1. The lowest BCUT2D eigenvalue weighted by Crippen LogP contribution is -2.37. The molecule has 34 heavy (non-hydrogen) atoms. The molecule has 0 aliphatic rings. The molecule has 0 fully saturated rings. The van der Waals surface area contributed by atoms with Gasteiger partial charge in [-0.05, 0) is 31.0 Å². The van der Waals surface area contributed by atoms with Crippen molar-refractivity contribution in [3.8, 4) is 0 Å². The number of nitrogens with zero attached hydrogens (tertiary/aromatic N) is 5. The lowest BCUT2D eigenvalue weighted by Gasteiger charge is -2.22. The van der Waals surface area contributed by atoms with Gasteiger partial charge in [0.15, 0.2) is 0 Å². The quantitative estimate of drug-likeness (QED) is 0.439. The number of sulfonamides is 1. The first-order valence-corrected chi connectivity index (χ1v) is 12.7. The number of hydrogen-bond donors (Lipinski definition) is 2. The van der Waals surface area contributed by atoms with Gasteiger partial charge in [-0.3, -0.25) is 14.3 Å². The summed E-state index contributed by atoms with van der Waals surface area (Å²) in [4.78, 5) is 33.8. The Labute approximate surface area is 198 Å². The minimum atomic E-state index is -3.60. The fourth-order valence-electron chi connectivity index (χ4n) is 3.90. The maximum absolute atomic E-state index is 12.6. The Hall–Kier alpha value is -3.12. The third-order valence-corrected chi connectivity index (χ3v) is 7.55. The first-order valence-electron chi connectivity index (χ1n) is 11.3. The second-order valence-corrected chi connectivity index (χ2v) is 10.6. The molecular weight excluding hydrogens is 458 g/mol. The zero-order valence-electron chi connectivity index (χ0n) is 20.3. The fraction of sp³-hybridized carbons (Fsp3) is 0.500. The number of rotatable bonds is 10. The molecule has 0 aliphatic heterocycles. The summed E-state index contributed by atoms with van der Waals surface area (Å²) >= 11 is 0. The van der Waals surface area contributed by atoms with E-state index >= 15 is 0 Å². The summed E-state index contributed by atoms with van der Waals surface area (Å²) in [5.41, 5.74) is 6.71. The van der Waals surface area contributed by atoms with Crippen molar-refractivity contribution in [2.45, 2.75) is 57.6 Å². The molecule has 186 valence electrons. The van der Waals surface area contributed by atoms with Gasteiger partial charge in [0.1, 0.15) is 17.3 Å². The summed E-state index contributed by atoms with van der Waals surface area (Å²) < 4.78 is 29.7. The minimum Gasteiger partial charge on any atom is -0.383 e. The highest BCUT2D eigenvalue weighted by Gasteiger charge is 2.22. The molecule has 0 radical (unpaired) electrons. The van der Waals surface area contributed by atoms with E-state index in [9.17, 15) is 18.0 Å². The highest BCUT2D eigenvalue weighted by Crippen LogP contribution is 2.24. The monoisotopic (exact) mass is 491 g/mol. The molecule has 0 saturated carbocycles. The van der Waals surface area contributed by atoms with Crippen LogP contribution < -0.4 is 21.9 Å². The van der Waals surface area contributed by atoms with Crippen LogP contribution in [0.25, 0.3) is 11.0 Å². The summed E-state index contributed by atoms with van der Waals surface area (Å²) in [6.45, 7) is 5.37. The molecule has 0 spiro atoms. The summed E-state index contributed by atoms with van der Waals surface area (Å²) in [6, 6.07) is 4.89. The average molecular weight is 492 g/mol. The van der Waals surface area contributed by atoms with E-state index in [1.54, 1.807) is 30.1 Å². The van der Waals surface area contributed by atoms with Gasteiger partial charge >= 0.3 is 5.69 Å². The number of hydrogen-bond acceptors (Lipinski definition) is 7. The van der Waals surface area contributed by atoms with E-state index in [0.717, 1.165) is 29.1 Å². The number of nitrogens with two attached hydrogens (primary N) is 1. The van der Waals surface area contributed by atoms with Crippen LogP contribution >= 0.6 is 0 Å². The van der Waals surface area contributed by atoms with Crippen LogP contribution in [0.2, 0.25) is 0 Å². The van der Waals surface area contributed by atoms with Crippen molar-refractivity contribution >= 4 is 32.6 Å². The van der Waals surface area contributed by atoms with Crippen molar-refractivity contribution in [1.82, 2.24) is 23.4 Å². The Kier molecular flexibility index (Phi) is 7.51. The predicted molar refractivity (Wildman–Crippen MR) is 134 cm³/mol. The van der Waals surface area contributed by atoms with Crippen LogP contribution in [-0.2, 0) is 29.7 Å². The van der Waals surface area contributed by atoms with Crippen LogP contribution in [0.3, 0.4) is 0 Å². The second kappa shape index (κ2) is 10.0. The first kappa shape index (κ1) is 25.5. The van der Waals surface area contributed by atoms with E-state index in [-0.39, 0.29) is 22.9 Å². The third-order valence-electron chi connectivity index (χ3n) is 5.73. The van der Waals surface area contributed by atoms with E-state index in [0.29, 0.717) is 24.4 Å². The molecule has 0 bridgehead atoms. The minimum absolute atomic E-state index is 0.113. The van der Waals surface area contributed by atoms with Gasteiger partial charge in [0, 0.05) is 34.2 Å². The fourth-order valence-corrected chi connectivity index (χ4v) is 4.82. The number of aryl methyl sites for hydroxylation is 1. The van der Waals surface area contributed by atoms with E-state index in [1.165, 1.54) is 18.7 Å². The maximum atomic E-state index is 12.6. The van der Waals surface area contributed by atoms with Gasteiger partial charge in [-0.1, -0.05) is 20.3 Å². The number of nitrogen functional groups attached to an aromatic ring is 1. The largest absolute Gasteiger partial charge is 0.383 e. The smallest absolute Gasteiger partial charge is 0.330 e.